The molecule has 128 valence electrons. The van der Waals surface area contributed by atoms with Crippen LogP contribution in [0.4, 0.5) is 5.69 Å². The number of nitrogens with one attached hydrogen (secondary N) is 1. The lowest BCUT2D eigenvalue weighted by Crippen LogP contribution is -2.31. The molecule has 0 atom stereocenters. The topological polar surface area (TPSA) is 73.2 Å². The summed E-state index contributed by atoms with van der Waals surface area (Å²) in [6.07, 6.45) is 0.146. The highest BCUT2D eigenvalue weighted by Crippen LogP contribution is 2.15. The largest absolute Gasteiger partial charge is 0.338 e. The quantitative estimate of drug-likeness (QED) is 0.860. The second-order valence-corrected chi connectivity index (χ2v) is 5.96. The van der Waals surface area contributed by atoms with E-state index in [1.807, 2.05) is 18.2 Å². The standard InChI is InChI=1S/C19H18ClN3O2/c1-14(24)23(13-15-6-8-17(20)9-7-15)11-10-19(25)22-18-5-3-2-4-16(18)12-21/h2-9H,10-11,13H2,1H3,(H,22,25). The highest BCUT2D eigenvalue weighted by Gasteiger charge is 2.13. The monoisotopic (exact) mass is 355 g/mol. The van der Waals surface area contributed by atoms with Crippen molar-refractivity contribution in [2.45, 2.75) is 19.9 Å². The van der Waals surface area contributed by atoms with E-state index >= 15 is 0 Å². The van der Waals surface area contributed by atoms with Crippen LogP contribution in [0.15, 0.2) is 48.5 Å². The molecule has 2 amide bonds. The van der Waals surface area contributed by atoms with Gasteiger partial charge in [-0.1, -0.05) is 35.9 Å². The Morgan fingerprint density at radius 1 is 1.16 bits per heavy atom. The summed E-state index contributed by atoms with van der Waals surface area (Å²) < 4.78 is 0. The van der Waals surface area contributed by atoms with Crippen molar-refractivity contribution < 1.29 is 9.59 Å². The number of hydrogen-bond acceptors (Lipinski definition) is 3. The van der Waals surface area contributed by atoms with Crippen molar-refractivity contribution in [1.29, 1.82) is 5.26 Å². The molecule has 0 aromatic heterocycles. The highest BCUT2D eigenvalue weighted by atomic mass is 35.5. The Morgan fingerprint density at radius 3 is 2.48 bits per heavy atom. The second kappa shape index (κ2) is 8.86. The summed E-state index contributed by atoms with van der Waals surface area (Å²) in [7, 11) is 0. The van der Waals surface area contributed by atoms with E-state index in [1.165, 1.54) is 6.92 Å². The first-order valence-corrected chi connectivity index (χ1v) is 8.16. The van der Waals surface area contributed by atoms with Gasteiger partial charge in [0.1, 0.15) is 6.07 Å². The van der Waals surface area contributed by atoms with Crippen LogP contribution < -0.4 is 5.32 Å². The fourth-order valence-electron chi connectivity index (χ4n) is 2.30. The maximum absolute atomic E-state index is 12.1. The predicted molar refractivity (Wildman–Crippen MR) is 96.9 cm³/mol. The van der Waals surface area contributed by atoms with E-state index in [0.717, 1.165) is 5.56 Å². The molecule has 0 spiro atoms. The van der Waals surface area contributed by atoms with Crippen molar-refractivity contribution in [3.05, 3.63) is 64.7 Å². The van der Waals surface area contributed by atoms with Crippen LogP contribution in [0.2, 0.25) is 5.02 Å². The fourth-order valence-corrected chi connectivity index (χ4v) is 2.42. The first kappa shape index (κ1) is 18.5. The van der Waals surface area contributed by atoms with Gasteiger partial charge in [-0.2, -0.15) is 5.26 Å². The van der Waals surface area contributed by atoms with E-state index < -0.39 is 0 Å². The van der Waals surface area contributed by atoms with E-state index in [4.69, 9.17) is 16.9 Å². The van der Waals surface area contributed by atoms with Gasteiger partial charge in [0.2, 0.25) is 11.8 Å². The second-order valence-electron chi connectivity index (χ2n) is 5.52. The van der Waals surface area contributed by atoms with Gasteiger partial charge in [0.15, 0.2) is 0 Å². The minimum Gasteiger partial charge on any atom is -0.338 e. The first-order valence-electron chi connectivity index (χ1n) is 7.78. The Morgan fingerprint density at radius 2 is 1.84 bits per heavy atom. The average Bonchev–Trinajstić information content (AvgIpc) is 2.60. The van der Waals surface area contributed by atoms with Crippen molar-refractivity contribution in [3.8, 4) is 6.07 Å². The number of carbonyl (C=O) groups excluding carboxylic acids is 2. The molecule has 1 N–H and O–H groups in total. The van der Waals surface area contributed by atoms with Gasteiger partial charge in [-0.3, -0.25) is 9.59 Å². The molecule has 0 saturated carbocycles. The van der Waals surface area contributed by atoms with Crippen molar-refractivity contribution >= 4 is 29.1 Å². The molecule has 2 aromatic carbocycles. The molecule has 0 saturated heterocycles. The van der Waals surface area contributed by atoms with Crippen LogP contribution in [0.1, 0.15) is 24.5 Å². The molecule has 0 aliphatic rings. The van der Waals surface area contributed by atoms with Gasteiger partial charge < -0.3 is 10.2 Å². The normalized spacial score (nSPS) is 9.96. The average molecular weight is 356 g/mol. The van der Waals surface area contributed by atoms with Crippen molar-refractivity contribution in [1.82, 2.24) is 4.90 Å². The van der Waals surface area contributed by atoms with Gasteiger partial charge in [-0.05, 0) is 29.8 Å². The molecule has 0 radical (unpaired) electrons. The number of carbonyl (C=O) groups is 2. The van der Waals surface area contributed by atoms with Crippen LogP contribution in [-0.4, -0.2) is 23.3 Å². The fraction of sp³-hybridized carbons (Fsp3) is 0.211. The summed E-state index contributed by atoms with van der Waals surface area (Å²) in [5.74, 6) is -0.356. The van der Waals surface area contributed by atoms with Gasteiger partial charge in [-0.15, -0.1) is 0 Å². The van der Waals surface area contributed by atoms with Crippen LogP contribution in [0.25, 0.3) is 0 Å². The molecule has 5 nitrogen and oxygen atoms in total. The molecule has 0 fully saturated rings. The predicted octanol–water partition coefficient (Wildman–Crippen LogP) is 3.59. The van der Waals surface area contributed by atoms with Gasteiger partial charge in [0.25, 0.3) is 0 Å². The zero-order valence-corrected chi connectivity index (χ0v) is 14.6. The van der Waals surface area contributed by atoms with Crippen LogP contribution in [0.5, 0.6) is 0 Å². The molecular weight excluding hydrogens is 338 g/mol. The van der Waals surface area contributed by atoms with E-state index in [-0.39, 0.29) is 18.2 Å². The van der Waals surface area contributed by atoms with Gasteiger partial charge >= 0.3 is 0 Å². The first-order chi connectivity index (χ1) is 12.0. The van der Waals surface area contributed by atoms with Crippen molar-refractivity contribution in [2.75, 3.05) is 11.9 Å². The maximum atomic E-state index is 12.1. The molecule has 2 rings (SSSR count). The Balaban J connectivity index is 1.94. The lowest BCUT2D eigenvalue weighted by atomic mass is 10.2. The smallest absolute Gasteiger partial charge is 0.226 e. The summed E-state index contributed by atoms with van der Waals surface area (Å²) in [5, 5.41) is 12.4. The number of rotatable bonds is 6. The van der Waals surface area contributed by atoms with Crippen LogP contribution in [0, 0.1) is 11.3 Å². The van der Waals surface area contributed by atoms with Crippen LogP contribution in [-0.2, 0) is 16.1 Å². The van der Waals surface area contributed by atoms with Crippen molar-refractivity contribution in [3.63, 3.8) is 0 Å². The number of amides is 2. The third-order valence-electron chi connectivity index (χ3n) is 3.66. The number of halogens is 1. The number of para-hydroxylation sites is 1. The summed E-state index contributed by atoms with van der Waals surface area (Å²) in [4.78, 5) is 25.5. The lowest BCUT2D eigenvalue weighted by Gasteiger charge is -2.21. The molecule has 25 heavy (non-hydrogen) atoms. The minimum atomic E-state index is -0.245. The number of benzene rings is 2. The number of nitrogens with zero attached hydrogens (tertiary/aromatic N) is 2. The molecule has 2 aromatic rings. The summed E-state index contributed by atoms with van der Waals surface area (Å²) >= 11 is 5.86. The van der Waals surface area contributed by atoms with Crippen LogP contribution >= 0.6 is 11.6 Å². The Labute approximate surface area is 151 Å². The van der Waals surface area contributed by atoms with E-state index in [0.29, 0.717) is 29.4 Å². The van der Waals surface area contributed by atoms with Gasteiger partial charge in [0.05, 0.1) is 11.3 Å². The summed E-state index contributed by atoms with van der Waals surface area (Å²) in [6.45, 7) is 2.17. The molecular formula is C19H18ClN3O2. The maximum Gasteiger partial charge on any atom is 0.226 e. The number of hydrogen-bond donors (Lipinski definition) is 1. The summed E-state index contributed by atoms with van der Waals surface area (Å²) in [5.41, 5.74) is 1.82. The third-order valence-corrected chi connectivity index (χ3v) is 3.91. The zero-order chi connectivity index (χ0) is 18.2. The van der Waals surface area contributed by atoms with Gasteiger partial charge in [-0.25, -0.2) is 0 Å². The highest BCUT2D eigenvalue weighted by molar-refractivity contribution is 6.30. The molecule has 0 aliphatic heterocycles. The molecule has 0 heterocycles. The Bertz CT molecular complexity index is 797. The Kier molecular flexibility index (Phi) is 6.55. The SMILES string of the molecule is CC(=O)N(CCC(=O)Nc1ccccc1C#N)Cc1ccc(Cl)cc1. The summed E-state index contributed by atoms with van der Waals surface area (Å²) in [6, 6.07) is 16.1. The van der Waals surface area contributed by atoms with Gasteiger partial charge in [0, 0.05) is 31.5 Å². The minimum absolute atomic E-state index is 0.111. The number of nitriles is 1. The van der Waals surface area contributed by atoms with E-state index in [9.17, 15) is 9.59 Å². The lowest BCUT2D eigenvalue weighted by molar-refractivity contribution is -0.129. The molecule has 0 bridgehead atoms. The third kappa shape index (κ3) is 5.63. The molecule has 6 heteroatoms. The molecule has 0 aliphatic carbocycles. The van der Waals surface area contributed by atoms with Crippen molar-refractivity contribution in [2.24, 2.45) is 0 Å². The number of anilines is 1. The van der Waals surface area contributed by atoms with E-state index in [1.54, 1.807) is 41.3 Å². The van der Waals surface area contributed by atoms with E-state index in [2.05, 4.69) is 5.32 Å². The van der Waals surface area contributed by atoms with Crippen LogP contribution in [0.3, 0.4) is 0 Å². The Hall–Kier alpha value is -2.84. The molecule has 0 unspecified atom stereocenters. The zero-order valence-electron chi connectivity index (χ0n) is 13.8.